The molecule has 152 valence electrons. The van der Waals surface area contributed by atoms with Gasteiger partial charge >= 0.3 is 5.97 Å². The second-order valence-electron chi connectivity index (χ2n) is 6.64. The maximum Gasteiger partial charge on any atom is 0.330 e. The maximum absolute atomic E-state index is 12.7. The Morgan fingerprint density at radius 3 is 2.86 bits per heavy atom. The molecule has 9 nitrogen and oxygen atoms in total. The van der Waals surface area contributed by atoms with Crippen LogP contribution < -0.4 is 16.2 Å². The number of ether oxygens (including phenoxy) is 1. The van der Waals surface area contributed by atoms with Crippen LogP contribution in [0.15, 0.2) is 41.2 Å². The van der Waals surface area contributed by atoms with Crippen molar-refractivity contribution in [3.63, 3.8) is 0 Å². The van der Waals surface area contributed by atoms with Crippen molar-refractivity contribution in [1.82, 2.24) is 20.6 Å². The number of nitrogens with one attached hydrogen (secondary N) is 3. The van der Waals surface area contributed by atoms with Crippen molar-refractivity contribution in [2.24, 2.45) is 5.92 Å². The highest BCUT2D eigenvalue weighted by Gasteiger charge is 2.28. The van der Waals surface area contributed by atoms with E-state index in [9.17, 15) is 19.2 Å². The highest BCUT2D eigenvalue weighted by molar-refractivity contribution is 5.94. The lowest BCUT2D eigenvalue weighted by atomic mass is 9.98. The largest absolute Gasteiger partial charge is 0.463 e. The smallest absolute Gasteiger partial charge is 0.330 e. The first-order chi connectivity index (χ1) is 14.0. The minimum Gasteiger partial charge on any atom is -0.463 e. The standard InChI is InChI=1S/C20H22N4O5/c1-2-29-16(25)8-7-13(11-12-9-10-21-18(12)26)22-19(27)17-20(28)24-15-6-4-3-5-14(15)23-17/h3-8,12-13H,2,9-11H2,1H3,(H,21,26)(H,22,27)(H,24,28)/b8-7+/t12-,13+/m0/s1. The number of nitrogens with zero attached hydrogens (tertiary/aromatic N) is 1. The van der Waals surface area contributed by atoms with Crippen molar-refractivity contribution in [3.05, 3.63) is 52.5 Å². The molecule has 2 heterocycles. The number of rotatable bonds is 7. The molecule has 2 atom stereocenters. The van der Waals surface area contributed by atoms with E-state index in [-0.39, 0.29) is 24.1 Å². The van der Waals surface area contributed by atoms with Crippen LogP contribution in [0.5, 0.6) is 0 Å². The number of carbonyl (C=O) groups is 3. The molecule has 0 saturated carbocycles. The fraction of sp³-hybridized carbons (Fsp3) is 0.350. The van der Waals surface area contributed by atoms with Gasteiger partial charge in [0.2, 0.25) is 5.91 Å². The first-order valence-corrected chi connectivity index (χ1v) is 9.40. The third-order valence-corrected chi connectivity index (χ3v) is 4.58. The average Bonchev–Trinajstić information content (AvgIpc) is 3.10. The Hall–Kier alpha value is -3.49. The molecule has 3 N–H and O–H groups in total. The summed E-state index contributed by atoms with van der Waals surface area (Å²) in [5, 5.41) is 5.43. The van der Waals surface area contributed by atoms with Gasteiger partial charge in [0.1, 0.15) is 0 Å². The first-order valence-electron chi connectivity index (χ1n) is 9.40. The van der Waals surface area contributed by atoms with Gasteiger partial charge in [0.25, 0.3) is 11.5 Å². The number of hydrogen-bond acceptors (Lipinski definition) is 6. The number of carbonyl (C=O) groups excluding carboxylic acids is 3. The summed E-state index contributed by atoms with van der Waals surface area (Å²) in [6.45, 7) is 2.48. The Bertz CT molecular complexity index is 1010. The second-order valence-corrected chi connectivity index (χ2v) is 6.64. The van der Waals surface area contributed by atoms with Gasteiger partial charge in [-0.05, 0) is 31.9 Å². The van der Waals surface area contributed by atoms with Gasteiger partial charge in [-0.1, -0.05) is 18.2 Å². The molecular formula is C20H22N4O5. The van der Waals surface area contributed by atoms with Crippen LogP contribution in [0, 0.1) is 5.92 Å². The lowest BCUT2D eigenvalue weighted by molar-refractivity contribution is -0.137. The van der Waals surface area contributed by atoms with Gasteiger partial charge in [0.05, 0.1) is 17.6 Å². The zero-order valence-corrected chi connectivity index (χ0v) is 15.9. The topological polar surface area (TPSA) is 130 Å². The van der Waals surface area contributed by atoms with Gasteiger partial charge in [-0.3, -0.25) is 14.4 Å². The Morgan fingerprint density at radius 1 is 1.34 bits per heavy atom. The molecule has 9 heteroatoms. The quantitative estimate of drug-likeness (QED) is 0.464. The summed E-state index contributed by atoms with van der Waals surface area (Å²) in [7, 11) is 0. The van der Waals surface area contributed by atoms with Crippen molar-refractivity contribution < 1.29 is 19.1 Å². The van der Waals surface area contributed by atoms with E-state index < -0.39 is 23.5 Å². The lowest BCUT2D eigenvalue weighted by Gasteiger charge is -2.17. The summed E-state index contributed by atoms with van der Waals surface area (Å²) < 4.78 is 4.86. The lowest BCUT2D eigenvalue weighted by Crippen LogP contribution is -2.39. The van der Waals surface area contributed by atoms with Gasteiger partial charge in [-0.2, -0.15) is 0 Å². The Kier molecular flexibility index (Phi) is 6.38. The number of para-hydroxylation sites is 2. The van der Waals surface area contributed by atoms with E-state index in [0.717, 1.165) is 0 Å². The second kappa shape index (κ2) is 9.13. The van der Waals surface area contributed by atoms with Crippen LogP contribution in [0.25, 0.3) is 11.0 Å². The van der Waals surface area contributed by atoms with Crippen molar-refractivity contribution in [2.75, 3.05) is 13.2 Å². The van der Waals surface area contributed by atoms with Gasteiger partial charge < -0.3 is 20.4 Å². The van der Waals surface area contributed by atoms with E-state index in [1.165, 1.54) is 12.2 Å². The van der Waals surface area contributed by atoms with Crippen LogP contribution in [0.4, 0.5) is 0 Å². The molecule has 1 aliphatic rings. The summed E-state index contributed by atoms with van der Waals surface area (Å²) >= 11 is 0. The van der Waals surface area contributed by atoms with Gasteiger partial charge in [0.15, 0.2) is 5.69 Å². The van der Waals surface area contributed by atoms with E-state index in [1.807, 2.05) is 0 Å². The predicted molar refractivity (Wildman–Crippen MR) is 105 cm³/mol. The van der Waals surface area contributed by atoms with Gasteiger partial charge in [-0.25, -0.2) is 9.78 Å². The van der Waals surface area contributed by atoms with Gasteiger partial charge in [-0.15, -0.1) is 0 Å². The highest BCUT2D eigenvalue weighted by atomic mass is 16.5. The highest BCUT2D eigenvalue weighted by Crippen LogP contribution is 2.17. The van der Waals surface area contributed by atoms with Crippen LogP contribution in [0.3, 0.4) is 0 Å². The molecule has 1 aromatic carbocycles. The van der Waals surface area contributed by atoms with Crippen LogP contribution in [0.2, 0.25) is 0 Å². The zero-order valence-electron chi connectivity index (χ0n) is 15.9. The van der Waals surface area contributed by atoms with Crippen LogP contribution in [-0.4, -0.2) is 46.9 Å². The number of esters is 1. The Labute approximate surface area is 166 Å². The van der Waals surface area contributed by atoms with Gasteiger partial charge in [0, 0.05) is 24.6 Å². The molecule has 1 saturated heterocycles. The fourth-order valence-corrected chi connectivity index (χ4v) is 3.17. The third-order valence-electron chi connectivity index (χ3n) is 4.58. The monoisotopic (exact) mass is 398 g/mol. The maximum atomic E-state index is 12.7. The number of aromatic nitrogens is 2. The van der Waals surface area contributed by atoms with E-state index in [0.29, 0.717) is 30.4 Å². The van der Waals surface area contributed by atoms with Crippen molar-refractivity contribution in [1.29, 1.82) is 0 Å². The molecule has 3 rings (SSSR count). The minimum absolute atomic E-state index is 0.101. The zero-order chi connectivity index (χ0) is 20.8. The molecule has 2 amide bonds. The normalized spacial score (nSPS) is 17.3. The molecule has 0 aliphatic carbocycles. The van der Waals surface area contributed by atoms with Crippen LogP contribution in [-0.2, 0) is 14.3 Å². The Morgan fingerprint density at radius 2 is 2.14 bits per heavy atom. The predicted octanol–water partition coefficient (Wildman–Crippen LogP) is 0.667. The fourth-order valence-electron chi connectivity index (χ4n) is 3.17. The molecule has 2 aromatic rings. The number of benzene rings is 1. The van der Waals surface area contributed by atoms with E-state index in [4.69, 9.17) is 4.74 Å². The average molecular weight is 398 g/mol. The molecule has 1 aromatic heterocycles. The number of fused-ring (bicyclic) bond motifs is 1. The SMILES string of the molecule is CCOC(=O)/C=C/[C@H](C[C@@H]1CCNC1=O)NC(=O)c1nc2ccccc2[nH]c1=O. The van der Waals surface area contributed by atoms with E-state index >= 15 is 0 Å². The van der Waals surface area contributed by atoms with E-state index in [2.05, 4.69) is 20.6 Å². The third kappa shape index (κ3) is 5.07. The first kappa shape index (κ1) is 20.2. The summed E-state index contributed by atoms with van der Waals surface area (Å²) in [4.78, 5) is 55.3. The summed E-state index contributed by atoms with van der Waals surface area (Å²) in [6, 6.07) is 6.23. The number of H-pyrrole nitrogens is 1. The number of aromatic amines is 1. The molecule has 0 bridgehead atoms. The molecule has 29 heavy (non-hydrogen) atoms. The molecule has 1 aliphatic heterocycles. The molecule has 0 unspecified atom stereocenters. The van der Waals surface area contributed by atoms with Crippen molar-refractivity contribution in [2.45, 2.75) is 25.8 Å². The van der Waals surface area contributed by atoms with E-state index in [1.54, 1.807) is 31.2 Å². The molecular weight excluding hydrogens is 376 g/mol. The number of amides is 2. The summed E-state index contributed by atoms with van der Waals surface area (Å²) in [5.74, 6) is -1.64. The van der Waals surface area contributed by atoms with Crippen molar-refractivity contribution >= 4 is 28.8 Å². The minimum atomic E-state index is -0.686. The molecule has 0 spiro atoms. The summed E-state index contributed by atoms with van der Waals surface area (Å²) in [6.07, 6.45) is 3.60. The van der Waals surface area contributed by atoms with Crippen molar-refractivity contribution in [3.8, 4) is 0 Å². The number of hydrogen-bond donors (Lipinski definition) is 3. The summed E-state index contributed by atoms with van der Waals surface area (Å²) in [5.41, 5.74) is 0.100. The van der Waals surface area contributed by atoms with Crippen LogP contribution >= 0.6 is 0 Å². The Balaban J connectivity index is 1.81. The molecule has 1 fully saturated rings. The molecule has 0 radical (unpaired) electrons. The van der Waals surface area contributed by atoms with Crippen LogP contribution in [0.1, 0.15) is 30.3 Å².